The molecule has 0 spiro atoms. The monoisotopic (exact) mass is 442 g/mol. The first-order valence-corrected chi connectivity index (χ1v) is 14.0. The summed E-state index contributed by atoms with van der Waals surface area (Å²) in [6, 6.07) is 1.52. The van der Waals surface area contributed by atoms with E-state index in [4.69, 9.17) is 36.4 Å². The standard InChI is InChI=1S/C18H42O8Si2/c1-7-8-15-27(20-3,21-4)25-13-9-10-14-26-28(22-5,23-6)16-11-12-24-18(2)17-19/h18-19H,7-17H2,1-6H3. The average molecular weight is 443 g/mol. The summed E-state index contributed by atoms with van der Waals surface area (Å²) in [4.78, 5) is 0. The highest BCUT2D eigenvalue weighted by Gasteiger charge is 2.39. The van der Waals surface area contributed by atoms with Crippen LogP contribution in [0.3, 0.4) is 0 Å². The van der Waals surface area contributed by atoms with Crippen LogP contribution >= 0.6 is 0 Å². The molecule has 170 valence electrons. The molecule has 28 heavy (non-hydrogen) atoms. The van der Waals surface area contributed by atoms with E-state index in [-0.39, 0.29) is 12.7 Å². The second kappa shape index (κ2) is 16.9. The van der Waals surface area contributed by atoms with Crippen molar-refractivity contribution in [3.05, 3.63) is 0 Å². The maximum Gasteiger partial charge on any atom is 0.500 e. The van der Waals surface area contributed by atoms with Gasteiger partial charge in [-0.3, -0.25) is 0 Å². The van der Waals surface area contributed by atoms with Crippen LogP contribution in [0.4, 0.5) is 0 Å². The molecule has 0 aromatic rings. The van der Waals surface area contributed by atoms with Gasteiger partial charge in [0.05, 0.1) is 12.7 Å². The van der Waals surface area contributed by atoms with Crippen LogP contribution in [0.25, 0.3) is 0 Å². The van der Waals surface area contributed by atoms with Crippen LogP contribution in [0.1, 0.15) is 46.0 Å². The molecule has 0 amide bonds. The maximum absolute atomic E-state index is 8.98. The topological polar surface area (TPSA) is 84.8 Å². The number of unbranched alkanes of at least 4 members (excludes halogenated alkanes) is 2. The molecule has 0 heterocycles. The van der Waals surface area contributed by atoms with Gasteiger partial charge in [-0.25, -0.2) is 0 Å². The summed E-state index contributed by atoms with van der Waals surface area (Å²) in [7, 11) is 1.38. The summed E-state index contributed by atoms with van der Waals surface area (Å²) in [5, 5.41) is 8.98. The van der Waals surface area contributed by atoms with E-state index >= 15 is 0 Å². The number of rotatable bonds is 20. The van der Waals surface area contributed by atoms with Crippen molar-refractivity contribution in [1.82, 2.24) is 0 Å². The Hall–Kier alpha value is 0.114. The van der Waals surface area contributed by atoms with Crippen molar-refractivity contribution in [3.8, 4) is 0 Å². The van der Waals surface area contributed by atoms with Crippen molar-refractivity contribution >= 4 is 17.6 Å². The van der Waals surface area contributed by atoms with Crippen molar-refractivity contribution in [3.63, 3.8) is 0 Å². The van der Waals surface area contributed by atoms with Crippen LogP contribution in [-0.2, 0) is 31.3 Å². The molecule has 0 bridgehead atoms. The van der Waals surface area contributed by atoms with E-state index in [1.807, 2.05) is 6.92 Å². The molecular formula is C18H42O8Si2. The van der Waals surface area contributed by atoms with E-state index in [0.29, 0.717) is 25.9 Å². The lowest BCUT2D eigenvalue weighted by Gasteiger charge is -2.27. The van der Waals surface area contributed by atoms with Gasteiger partial charge in [-0.05, 0) is 32.6 Å². The zero-order valence-corrected chi connectivity index (χ0v) is 20.7. The molecule has 0 aliphatic rings. The van der Waals surface area contributed by atoms with Gasteiger partial charge in [0.1, 0.15) is 0 Å². The minimum atomic E-state index is -2.68. The molecule has 1 atom stereocenters. The molecule has 1 unspecified atom stereocenters. The third-order valence-electron chi connectivity index (χ3n) is 4.55. The van der Waals surface area contributed by atoms with Gasteiger partial charge in [0, 0.05) is 60.3 Å². The van der Waals surface area contributed by atoms with Crippen LogP contribution in [0.5, 0.6) is 0 Å². The molecular weight excluding hydrogens is 400 g/mol. The Labute approximate surface area is 173 Å². The second-order valence-electron chi connectivity index (χ2n) is 6.66. The van der Waals surface area contributed by atoms with E-state index in [9.17, 15) is 0 Å². The van der Waals surface area contributed by atoms with Crippen molar-refractivity contribution in [1.29, 1.82) is 0 Å². The molecule has 0 radical (unpaired) electrons. The van der Waals surface area contributed by atoms with Gasteiger partial charge in [0.15, 0.2) is 0 Å². The Morgan fingerprint density at radius 3 is 1.57 bits per heavy atom. The van der Waals surface area contributed by atoms with Crippen molar-refractivity contribution in [2.45, 2.75) is 64.1 Å². The molecule has 0 aromatic heterocycles. The molecule has 0 aliphatic heterocycles. The van der Waals surface area contributed by atoms with E-state index in [1.165, 1.54) is 0 Å². The lowest BCUT2D eigenvalue weighted by Crippen LogP contribution is -2.44. The Morgan fingerprint density at radius 2 is 1.18 bits per heavy atom. The molecule has 1 N–H and O–H groups in total. The maximum atomic E-state index is 8.98. The molecule has 10 heteroatoms. The van der Waals surface area contributed by atoms with E-state index < -0.39 is 17.6 Å². The number of ether oxygens (including phenoxy) is 1. The second-order valence-corrected chi connectivity index (χ2v) is 12.6. The summed E-state index contributed by atoms with van der Waals surface area (Å²) in [5.74, 6) is 0. The van der Waals surface area contributed by atoms with E-state index in [0.717, 1.165) is 38.1 Å². The van der Waals surface area contributed by atoms with Crippen LogP contribution < -0.4 is 0 Å². The van der Waals surface area contributed by atoms with Gasteiger partial charge in [0.25, 0.3) is 0 Å². The Kier molecular flexibility index (Phi) is 16.9. The fourth-order valence-electron chi connectivity index (χ4n) is 2.63. The lowest BCUT2D eigenvalue weighted by molar-refractivity contribution is 0.0222. The van der Waals surface area contributed by atoms with Crippen LogP contribution in [0, 0.1) is 0 Å². The van der Waals surface area contributed by atoms with Gasteiger partial charge < -0.3 is 36.4 Å². The SMILES string of the molecule is CCCC[Si](OC)(OC)OCCCCO[Si](CCCOC(C)CO)(OC)OC. The minimum Gasteiger partial charge on any atom is -0.394 e. The first-order valence-electron chi connectivity index (χ1n) is 10.2. The lowest BCUT2D eigenvalue weighted by atomic mass is 10.3. The normalized spacial score (nSPS) is 13.8. The summed E-state index contributed by atoms with van der Waals surface area (Å²) in [5.41, 5.74) is 0. The molecule has 0 saturated carbocycles. The van der Waals surface area contributed by atoms with Gasteiger partial charge in [-0.1, -0.05) is 13.3 Å². The quantitative estimate of drug-likeness (QED) is 0.228. The zero-order chi connectivity index (χ0) is 21.3. The third-order valence-corrected chi connectivity index (χ3v) is 10.3. The Bertz CT molecular complexity index is 354. The van der Waals surface area contributed by atoms with Gasteiger partial charge >= 0.3 is 17.6 Å². The average Bonchev–Trinajstić information content (AvgIpc) is 2.74. The van der Waals surface area contributed by atoms with E-state index in [1.54, 1.807) is 28.4 Å². The van der Waals surface area contributed by atoms with Crippen molar-refractivity contribution in [2.75, 3.05) is 54.9 Å². The van der Waals surface area contributed by atoms with Gasteiger partial charge in [0.2, 0.25) is 0 Å². The molecule has 8 nitrogen and oxygen atoms in total. The predicted octanol–water partition coefficient (Wildman–Crippen LogP) is 2.85. The Balaban J connectivity index is 4.16. The summed E-state index contributed by atoms with van der Waals surface area (Å²) in [6.45, 7) is 5.67. The minimum absolute atomic E-state index is 0.0183. The summed E-state index contributed by atoms with van der Waals surface area (Å²) < 4.78 is 39.8. The predicted molar refractivity (Wildman–Crippen MR) is 112 cm³/mol. The van der Waals surface area contributed by atoms with Crippen molar-refractivity contribution in [2.24, 2.45) is 0 Å². The van der Waals surface area contributed by atoms with E-state index in [2.05, 4.69) is 6.92 Å². The largest absolute Gasteiger partial charge is 0.500 e. The molecule has 0 rings (SSSR count). The number of aliphatic hydroxyl groups is 1. The highest BCUT2D eigenvalue weighted by atomic mass is 28.4. The molecule has 0 aromatic carbocycles. The molecule has 0 saturated heterocycles. The number of hydrogen-bond donors (Lipinski definition) is 1. The highest BCUT2D eigenvalue weighted by Crippen LogP contribution is 2.19. The fraction of sp³-hybridized carbons (Fsp3) is 1.00. The summed E-state index contributed by atoms with van der Waals surface area (Å²) >= 11 is 0. The summed E-state index contributed by atoms with van der Waals surface area (Å²) in [6.07, 6.45) is 4.41. The van der Waals surface area contributed by atoms with Crippen LogP contribution in [0.2, 0.25) is 12.1 Å². The third kappa shape index (κ3) is 11.3. The molecule has 0 fully saturated rings. The van der Waals surface area contributed by atoms with Gasteiger partial charge in [-0.2, -0.15) is 0 Å². The number of hydrogen-bond acceptors (Lipinski definition) is 8. The Morgan fingerprint density at radius 1 is 0.714 bits per heavy atom. The van der Waals surface area contributed by atoms with Gasteiger partial charge in [-0.15, -0.1) is 0 Å². The number of aliphatic hydroxyl groups excluding tert-OH is 1. The molecule has 0 aliphatic carbocycles. The van der Waals surface area contributed by atoms with Crippen molar-refractivity contribution < 1.29 is 36.4 Å². The van der Waals surface area contributed by atoms with Crippen LogP contribution in [-0.4, -0.2) is 83.7 Å². The zero-order valence-electron chi connectivity index (χ0n) is 18.7. The van der Waals surface area contributed by atoms with Crippen LogP contribution in [0.15, 0.2) is 0 Å². The first-order chi connectivity index (χ1) is 13.5. The smallest absolute Gasteiger partial charge is 0.394 e. The highest BCUT2D eigenvalue weighted by molar-refractivity contribution is 6.61. The fourth-order valence-corrected chi connectivity index (χ4v) is 6.82. The first kappa shape index (κ1) is 28.1.